The molecular weight excluding hydrogens is 238 g/mol. The molecule has 1 aliphatic heterocycles. The van der Waals surface area contributed by atoms with Crippen molar-refractivity contribution in [3.8, 4) is 0 Å². The predicted octanol–water partition coefficient (Wildman–Crippen LogP) is 1.20. The van der Waals surface area contributed by atoms with Crippen LogP contribution in [0.15, 0.2) is 0 Å². The molecule has 0 aromatic rings. The Morgan fingerprint density at radius 1 is 1.26 bits per heavy atom. The van der Waals surface area contributed by atoms with Gasteiger partial charge >= 0.3 is 0 Å². The average Bonchev–Trinajstić information content (AvgIpc) is 3.00. The molecule has 1 heterocycles. The van der Waals surface area contributed by atoms with Crippen LogP contribution in [0.25, 0.3) is 0 Å². The molecule has 2 saturated carbocycles. The molecule has 1 unspecified atom stereocenters. The maximum atomic E-state index is 12.4. The first-order valence-electron chi connectivity index (χ1n) is 7.90. The van der Waals surface area contributed by atoms with E-state index in [1.54, 1.807) is 0 Å². The summed E-state index contributed by atoms with van der Waals surface area (Å²) in [6, 6.07) is 1.52. The summed E-state index contributed by atoms with van der Waals surface area (Å²) in [5.74, 6) is 0.737. The molecule has 108 valence electrons. The lowest BCUT2D eigenvalue weighted by atomic mass is 9.99. The maximum absolute atomic E-state index is 12.4. The van der Waals surface area contributed by atoms with E-state index in [1.165, 1.54) is 25.8 Å². The minimum Gasteiger partial charge on any atom is -0.341 e. The van der Waals surface area contributed by atoms with Gasteiger partial charge in [0.15, 0.2) is 0 Å². The van der Waals surface area contributed by atoms with Crippen molar-refractivity contribution in [3.63, 3.8) is 0 Å². The standard InChI is InChI=1S/C15H27N3O/c1-17(13-7-8-18(10-13)12-5-6-12)15(19)9-11-3-2-4-14(11)16/h11-14H,2-10,16H2,1H3/t11-,13?,14+/m0/s1. The summed E-state index contributed by atoms with van der Waals surface area (Å²) in [6.45, 7) is 2.26. The highest BCUT2D eigenvalue weighted by molar-refractivity contribution is 5.76. The first-order valence-corrected chi connectivity index (χ1v) is 7.90. The molecule has 0 aromatic carbocycles. The summed E-state index contributed by atoms with van der Waals surface area (Å²) in [5.41, 5.74) is 6.07. The van der Waals surface area contributed by atoms with Gasteiger partial charge < -0.3 is 10.6 Å². The molecule has 2 aliphatic carbocycles. The lowest BCUT2D eigenvalue weighted by molar-refractivity contribution is -0.132. The number of amides is 1. The van der Waals surface area contributed by atoms with Crippen molar-refractivity contribution in [3.05, 3.63) is 0 Å². The molecule has 0 aromatic heterocycles. The van der Waals surface area contributed by atoms with Crippen LogP contribution in [0.2, 0.25) is 0 Å². The predicted molar refractivity (Wildman–Crippen MR) is 75.7 cm³/mol. The van der Waals surface area contributed by atoms with Crippen LogP contribution in [0, 0.1) is 5.92 Å². The van der Waals surface area contributed by atoms with Crippen LogP contribution in [0.3, 0.4) is 0 Å². The average molecular weight is 265 g/mol. The number of likely N-dealkylation sites (tertiary alicyclic amines) is 1. The minimum atomic E-state index is 0.254. The summed E-state index contributed by atoms with van der Waals surface area (Å²) in [5, 5.41) is 0. The van der Waals surface area contributed by atoms with E-state index in [0.29, 0.717) is 24.3 Å². The van der Waals surface area contributed by atoms with Crippen molar-refractivity contribution < 1.29 is 4.79 Å². The molecule has 2 N–H and O–H groups in total. The van der Waals surface area contributed by atoms with Crippen molar-refractivity contribution >= 4 is 5.91 Å². The Labute approximate surface area is 116 Å². The summed E-state index contributed by atoms with van der Waals surface area (Å²) in [4.78, 5) is 16.9. The van der Waals surface area contributed by atoms with E-state index in [1.807, 2.05) is 11.9 Å². The highest BCUT2D eigenvalue weighted by atomic mass is 16.2. The molecule has 4 heteroatoms. The van der Waals surface area contributed by atoms with E-state index in [4.69, 9.17) is 5.73 Å². The van der Waals surface area contributed by atoms with Crippen LogP contribution in [0.4, 0.5) is 0 Å². The number of carbonyl (C=O) groups excluding carboxylic acids is 1. The van der Waals surface area contributed by atoms with Crippen molar-refractivity contribution in [1.82, 2.24) is 9.80 Å². The first-order chi connectivity index (χ1) is 9.15. The molecule has 4 nitrogen and oxygen atoms in total. The van der Waals surface area contributed by atoms with Gasteiger partial charge in [-0.05, 0) is 38.0 Å². The molecule has 19 heavy (non-hydrogen) atoms. The summed E-state index contributed by atoms with van der Waals surface area (Å²) in [7, 11) is 1.99. The lowest BCUT2D eigenvalue weighted by Gasteiger charge is -2.27. The van der Waals surface area contributed by atoms with Crippen molar-refractivity contribution in [2.75, 3.05) is 20.1 Å². The number of hydrogen-bond donors (Lipinski definition) is 1. The Balaban J connectivity index is 1.49. The fourth-order valence-corrected chi connectivity index (χ4v) is 3.75. The van der Waals surface area contributed by atoms with Gasteiger partial charge in [0, 0.05) is 44.7 Å². The third kappa shape index (κ3) is 2.95. The fraction of sp³-hybridized carbons (Fsp3) is 0.933. The summed E-state index contributed by atoms with van der Waals surface area (Å²) in [6.07, 6.45) is 7.97. The Bertz CT molecular complexity index is 342. The summed E-state index contributed by atoms with van der Waals surface area (Å²) >= 11 is 0. The van der Waals surface area contributed by atoms with E-state index in [2.05, 4.69) is 4.90 Å². The van der Waals surface area contributed by atoms with E-state index in [0.717, 1.165) is 31.8 Å². The zero-order chi connectivity index (χ0) is 13.4. The van der Waals surface area contributed by atoms with Gasteiger partial charge in [-0.1, -0.05) is 6.42 Å². The second-order valence-electron chi connectivity index (χ2n) is 6.73. The topological polar surface area (TPSA) is 49.6 Å². The Hall–Kier alpha value is -0.610. The third-order valence-electron chi connectivity index (χ3n) is 5.35. The van der Waals surface area contributed by atoms with Crippen LogP contribution >= 0.6 is 0 Å². The monoisotopic (exact) mass is 265 g/mol. The van der Waals surface area contributed by atoms with Gasteiger partial charge in [-0.15, -0.1) is 0 Å². The van der Waals surface area contributed by atoms with Gasteiger partial charge in [0.2, 0.25) is 5.91 Å². The smallest absolute Gasteiger partial charge is 0.222 e. The van der Waals surface area contributed by atoms with Crippen molar-refractivity contribution in [2.45, 2.75) is 63.1 Å². The van der Waals surface area contributed by atoms with E-state index in [9.17, 15) is 4.79 Å². The van der Waals surface area contributed by atoms with E-state index >= 15 is 0 Å². The number of carbonyl (C=O) groups is 1. The Kier molecular flexibility index (Phi) is 3.81. The molecule has 3 rings (SSSR count). The molecule has 1 amide bonds. The van der Waals surface area contributed by atoms with Gasteiger partial charge in [0.25, 0.3) is 0 Å². The number of nitrogens with zero attached hydrogens (tertiary/aromatic N) is 2. The summed E-state index contributed by atoms with van der Waals surface area (Å²) < 4.78 is 0. The van der Waals surface area contributed by atoms with Gasteiger partial charge in [-0.3, -0.25) is 9.69 Å². The first kappa shape index (κ1) is 13.4. The fourth-order valence-electron chi connectivity index (χ4n) is 3.75. The van der Waals surface area contributed by atoms with Gasteiger partial charge in [0.05, 0.1) is 0 Å². The lowest BCUT2D eigenvalue weighted by Crippen LogP contribution is -2.41. The highest BCUT2D eigenvalue weighted by Gasteiger charge is 2.37. The third-order valence-corrected chi connectivity index (χ3v) is 5.35. The molecule has 0 spiro atoms. The second kappa shape index (κ2) is 5.41. The zero-order valence-electron chi connectivity index (χ0n) is 12.1. The second-order valence-corrected chi connectivity index (χ2v) is 6.73. The number of likely N-dealkylation sites (N-methyl/N-ethyl adjacent to an activating group) is 1. The van der Waals surface area contributed by atoms with Crippen LogP contribution in [-0.2, 0) is 4.79 Å². The SMILES string of the molecule is CN(C(=O)C[C@@H]1CCC[C@H]1N)C1CCN(C2CC2)C1. The number of rotatable bonds is 4. The largest absolute Gasteiger partial charge is 0.341 e. The van der Waals surface area contributed by atoms with E-state index in [-0.39, 0.29) is 6.04 Å². The van der Waals surface area contributed by atoms with Crippen LogP contribution < -0.4 is 5.73 Å². The molecule has 3 atom stereocenters. The van der Waals surface area contributed by atoms with Gasteiger partial charge in [0.1, 0.15) is 0 Å². The van der Waals surface area contributed by atoms with Gasteiger partial charge in [-0.25, -0.2) is 0 Å². The molecule has 3 fully saturated rings. The number of hydrogen-bond acceptors (Lipinski definition) is 3. The van der Waals surface area contributed by atoms with Crippen molar-refractivity contribution in [1.29, 1.82) is 0 Å². The molecule has 1 saturated heterocycles. The maximum Gasteiger partial charge on any atom is 0.222 e. The van der Waals surface area contributed by atoms with Gasteiger partial charge in [-0.2, -0.15) is 0 Å². The zero-order valence-corrected chi connectivity index (χ0v) is 12.1. The molecular formula is C15H27N3O. The van der Waals surface area contributed by atoms with Crippen molar-refractivity contribution in [2.24, 2.45) is 11.7 Å². The van der Waals surface area contributed by atoms with Crippen LogP contribution in [0.1, 0.15) is 44.9 Å². The van der Waals surface area contributed by atoms with Crippen LogP contribution in [0.5, 0.6) is 0 Å². The highest BCUT2D eigenvalue weighted by Crippen LogP contribution is 2.32. The van der Waals surface area contributed by atoms with E-state index < -0.39 is 0 Å². The molecule has 3 aliphatic rings. The quantitative estimate of drug-likeness (QED) is 0.831. The Morgan fingerprint density at radius 3 is 2.68 bits per heavy atom. The normalized spacial score (nSPS) is 35.8. The Morgan fingerprint density at radius 2 is 2.05 bits per heavy atom. The minimum absolute atomic E-state index is 0.254. The molecule has 0 bridgehead atoms. The molecule has 0 radical (unpaired) electrons. The van der Waals surface area contributed by atoms with Crippen LogP contribution in [-0.4, -0.2) is 54.0 Å². The number of nitrogens with two attached hydrogens (primary N) is 1.